The van der Waals surface area contributed by atoms with E-state index >= 15 is 0 Å². The van der Waals surface area contributed by atoms with Crippen LogP contribution in [-0.2, 0) is 0 Å². The van der Waals surface area contributed by atoms with Crippen molar-refractivity contribution < 1.29 is 14.6 Å². The van der Waals surface area contributed by atoms with E-state index in [-0.39, 0.29) is 18.7 Å². The van der Waals surface area contributed by atoms with Crippen molar-refractivity contribution in [2.75, 3.05) is 18.5 Å². The van der Waals surface area contributed by atoms with Crippen LogP contribution in [0.1, 0.15) is 27.2 Å². The first-order chi connectivity index (χ1) is 9.56. The number of para-hydroxylation sites is 2. The quantitative estimate of drug-likeness (QED) is 0.719. The zero-order valence-electron chi connectivity index (χ0n) is 12.3. The van der Waals surface area contributed by atoms with E-state index in [0.717, 1.165) is 0 Å². The zero-order valence-corrected chi connectivity index (χ0v) is 12.3. The highest BCUT2D eigenvalue weighted by atomic mass is 16.5. The van der Waals surface area contributed by atoms with Crippen molar-refractivity contribution in [2.45, 2.75) is 33.2 Å². The summed E-state index contributed by atoms with van der Waals surface area (Å²) in [6.07, 6.45) is 0.676. The first-order valence-corrected chi connectivity index (χ1v) is 6.97. The third kappa shape index (κ3) is 5.48. The van der Waals surface area contributed by atoms with E-state index in [1.165, 1.54) is 0 Å². The molecule has 20 heavy (non-hydrogen) atoms. The van der Waals surface area contributed by atoms with E-state index in [9.17, 15) is 4.79 Å². The van der Waals surface area contributed by atoms with E-state index < -0.39 is 0 Å². The molecule has 1 rings (SSSR count). The molecule has 0 radical (unpaired) electrons. The third-order valence-electron chi connectivity index (χ3n) is 2.76. The van der Waals surface area contributed by atoms with Crippen LogP contribution in [0.3, 0.4) is 0 Å². The van der Waals surface area contributed by atoms with Gasteiger partial charge in [-0.15, -0.1) is 0 Å². The summed E-state index contributed by atoms with van der Waals surface area (Å²) in [5.74, 6) is 1.06. The standard InChI is InChI=1S/C15H24N2O3/c1-4-12(9-18)16-15(19)17-13-7-5-6-8-14(13)20-10-11(2)3/h5-8,11-12,18H,4,9-10H2,1-3H3,(H2,16,17,19). The molecule has 0 saturated heterocycles. The molecular formula is C15H24N2O3. The van der Waals surface area contributed by atoms with Gasteiger partial charge < -0.3 is 20.5 Å². The summed E-state index contributed by atoms with van der Waals surface area (Å²) < 4.78 is 5.67. The number of benzene rings is 1. The van der Waals surface area contributed by atoms with Crippen LogP contribution >= 0.6 is 0 Å². The molecule has 0 spiro atoms. The number of hydrogen-bond acceptors (Lipinski definition) is 3. The first-order valence-electron chi connectivity index (χ1n) is 6.97. The molecule has 3 N–H and O–H groups in total. The van der Waals surface area contributed by atoms with Gasteiger partial charge in [-0.3, -0.25) is 0 Å². The second-order valence-corrected chi connectivity index (χ2v) is 5.09. The lowest BCUT2D eigenvalue weighted by Gasteiger charge is -2.17. The van der Waals surface area contributed by atoms with Crippen molar-refractivity contribution in [1.29, 1.82) is 0 Å². The summed E-state index contributed by atoms with van der Waals surface area (Å²) in [4.78, 5) is 11.8. The largest absolute Gasteiger partial charge is 0.491 e. The second kappa shape index (κ2) is 8.43. The lowest BCUT2D eigenvalue weighted by Crippen LogP contribution is -2.39. The topological polar surface area (TPSA) is 70.6 Å². The van der Waals surface area contributed by atoms with E-state index in [1.54, 1.807) is 6.07 Å². The van der Waals surface area contributed by atoms with E-state index in [1.807, 2.05) is 25.1 Å². The van der Waals surface area contributed by atoms with Crippen LogP contribution in [0.2, 0.25) is 0 Å². The Balaban J connectivity index is 2.64. The predicted molar refractivity (Wildman–Crippen MR) is 80.1 cm³/mol. The zero-order chi connectivity index (χ0) is 15.0. The van der Waals surface area contributed by atoms with E-state index in [4.69, 9.17) is 9.84 Å². The van der Waals surface area contributed by atoms with Gasteiger partial charge in [-0.1, -0.05) is 32.9 Å². The molecule has 0 aromatic heterocycles. The van der Waals surface area contributed by atoms with Gasteiger partial charge in [0.2, 0.25) is 0 Å². The van der Waals surface area contributed by atoms with Crippen LogP contribution < -0.4 is 15.4 Å². The maximum Gasteiger partial charge on any atom is 0.319 e. The summed E-state index contributed by atoms with van der Waals surface area (Å²) in [5, 5.41) is 14.5. The van der Waals surface area contributed by atoms with Gasteiger partial charge in [-0.05, 0) is 24.5 Å². The maximum atomic E-state index is 11.8. The van der Waals surface area contributed by atoms with E-state index in [0.29, 0.717) is 30.4 Å². The van der Waals surface area contributed by atoms with Crippen LogP contribution in [-0.4, -0.2) is 30.4 Å². The molecule has 0 saturated carbocycles. The minimum Gasteiger partial charge on any atom is -0.491 e. The fraction of sp³-hybridized carbons (Fsp3) is 0.533. The Morgan fingerprint density at radius 2 is 2.05 bits per heavy atom. The molecule has 112 valence electrons. The molecule has 0 aliphatic carbocycles. The third-order valence-corrected chi connectivity index (χ3v) is 2.76. The van der Waals surface area contributed by atoms with Crippen LogP contribution in [0.25, 0.3) is 0 Å². The molecular weight excluding hydrogens is 256 g/mol. The Bertz CT molecular complexity index is 417. The SMILES string of the molecule is CCC(CO)NC(=O)Nc1ccccc1OCC(C)C. The number of nitrogens with one attached hydrogen (secondary N) is 2. The second-order valence-electron chi connectivity index (χ2n) is 5.09. The minimum absolute atomic E-state index is 0.0740. The highest BCUT2D eigenvalue weighted by Crippen LogP contribution is 2.24. The Hall–Kier alpha value is -1.75. The van der Waals surface area contributed by atoms with Gasteiger partial charge in [0.1, 0.15) is 5.75 Å². The van der Waals surface area contributed by atoms with Gasteiger partial charge in [0.05, 0.1) is 24.9 Å². The Morgan fingerprint density at radius 1 is 1.35 bits per heavy atom. The van der Waals surface area contributed by atoms with E-state index in [2.05, 4.69) is 24.5 Å². The number of amides is 2. The normalized spacial score (nSPS) is 12.1. The number of aliphatic hydroxyl groups is 1. The van der Waals surface area contributed by atoms with Crippen molar-refractivity contribution >= 4 is 11.7 Å². The van der Waals surface area contributed by atoms with Gasteiger partial charge in [0.25, 0.3) is 0 Å². The van der Waals surface area contributed by atoms with Crippen LogP contribution in [0.5, 0.6) is 5.75 Å². The van der Waals surface area contributed by atoms with Gasteiger partial charge in [-0.25, -0.2) is 4.79 Å². The summed E-state index contributed by atoms with van der Waals surface area (Å²) in [6.45, 7) is 6.55. The minimum atomic E-state index is -0.341. The molecule has 0 aliphatic heterocycles. The lowest BCUT2D eigenvalue weighted by molar-refractivity contribution is 0.222. The number of carbonyl (C=O) groups excluding carboxylic acids is 1. The Kier molecular flexibility index (Phi) is 6.87. The van der Waals surface area contributed by atoms with Crippen LogP contribution in [0, 0.1) is 5.92 Å². The summed E-state index contributed by atoms with van der Waals surface area (Å²) >= 11 is 0. The molecule has 1 unspecified atom stereocenters. The molecule has 5 nitrogen and oxygen atoms in total. The fourth-order valence-corrected chi connectivity index (χ4v) is 1.57. The van der Waals surface area contributed by atoms with Crippen molar-refractivity contribution in [1.82, 2.24) is 5.32 Å². The van der Waals surface area contributed by atoms with Crippen molar-refractivity contribution in [2.24, 2.45) is 5.92 Å². The molecule has 5 heteroatoms. The van der Waals surface area contributed by atoms with Crippen LogP contribution in [0.15, 0.2) is 24.3 Å². The van der Waals surface area contributed by atoms with Crippen molar-refractivity contribution in [3.8, 4) is 5.75 Å². The lowest BCUT2D eigenvalue weighted by atomic mass is 10.2. The molecule has 2 amide bonds. The maximum absolute atomic E-state index is 11.8. The highest BCUT2D eigenvalue weighted by molar-refractivity contribution is 5.91. The Morgan fingerprint density at radius 3 is 2.65 bits per heavy atom. The smallest absolute Gasteiger partial charge is 0.319 e. The van der Waals surface area contributed by atoms with Gasteiger partial charge in [0, 0.05) is 0 Å². The molecule has 1 aromatic carbocycles. The van der Waals surface area contributed by atoms with Crippen LogP contribution in [0.4, 0.5) is 10.5 Å². The highest BCUT2D eigenvalue weighted by Gasteiger charge is 2.11. The van der Waals surface area contributed by atoms with Gasteiger partial charge in [-0.2, -0.15) is 0 Å². The average Bonchev–Trinajstić information content (AvgIpc) is 2.43. The number of anilines is 1. The average molecular weight is 280 g/mol. The van der Waals surface area contributed by atoms with Crippen molar-refractivity contribution in [3.63, 3.8) is 0 Å². The number of carbonyl (C=O) groups is 1. The summed E-state index contributed by atoms with van der Waals surface area (Å²) in [5.41, 5.74) is 0.624. The van der Waals surface area contributed by atoms with Crippen molar-refractivity contribution in [3.05, 3.63) is 24.3 Å². The summed E-state index contributed by atoms with van der Waals surface area (Å²) in [6, 6.07) is 6.73. The number of urea groups is 1. The number of hydrogen-bond donors (Lipinski definition) is 3. The van der Waals surface area contributed by atoms with Gasteiger partial charge in [0.15, 0.2) is 0 Å². The predicted octanol–water partition coefficient (Wildman–Crippen LogP) is 2.61. The number of aliphatic hydroxyl groups excluding tert-OH is 1. The number of ether oxygens (including phenoxy) is 1. The first kappa shape index (κ1) is 16.3. The Labute approximate surface area is 120 Å². The molecule has 1 atom stereocenters. The summed E-state index contributed by atoms with van der Waals surface area (Å²) in [7, 11) is 0. The van der Waals surface area contributed by atoms with Gasteiger partial charge >= 0.3 is 6.03 Å². The number of rotatable bonds is 7. The molecule has 0 heterocycles. The fourth-order valence-electron chi connectivity index (χ4n) is 1.57. The molecule has 0 aliphatic rings. The molecule has 0 fully saturated rings. The monoisotopic (exact) mass is 280 g/mol. The molecule has 0 bridgehead atoms. The molecule has 1 aromatic rings.